The van der Waals surface area contributed by atoms with E-state index >= 15 is 0 Å². The highest BCUT2D eigenvalue weighted by Gasteiger charge is 2.14. The van der Waals surface area contributed by atoms with Gasteiger partial charge in [-0.1, -0.05) is 29.8 Å². The molecule has 0 fully saturated rings. The van der Waals surface area contributed by atoms with Crippen LogP contribution in [-0.2, 0) is 21.4 Å². The molecule has 1 aromatic rings. The lowest BCUT2D eigenvalue weighted by Crippen LogP contribution is -2.14. The SMILES string of the molecule is Cc1ccc(CC(=O)CS(=O)(=O)F)cc1. The molecule has 0 aromatic heterocycles. The third-order valence-electron chi connectivity index (χ3n) is 1.86. The van der Waals surface area contributed by atoms with Gasteiger partial charge in [-0.05, 0) is 12.5 Å². The van der Waals surface area contributed by atoms with Crippen molar-refractivity contribution in [2.75, 3.05) is 5.75 Å². The molecule has 3 nitrogen and oxygen atoms in total. The van der Waals surface area contributed by atoms with Crippen molar-refractivity contribution in [3.8, 4) is 0 Å². The number of hydrogen-bond donors (Lipinski definition) is 0. The fourth-order valence-corrected chi connectivity index (χ4v) is 1.66. The van der Waals surface area contributed by atoms with Gasteiger partial charge in [-0.15, -0.1) is 3.89 Å². The first-order valence-electron chi connectivity index (χ1n) is 4.36. The van der Waals surface area contributed by atoms with Crippen LogP contribution in [0.2, 0.25) is 0 Å². The number of benzene rings is 1. The molecule has 0 saturated carbocycles. The van der Waals surface area contributed by atoms with Gasteiger partial charge in [-0.2, -0.15) is 8.42 Å². The molecule has 0 amide bonds. The van der Waals surface area contributed by atoms with Gasteiger partial charge in [-0.25, -0.2) is 0 Å². The van der Waals surface area contributed by atoms with Crippen LogP contribution >= 0.6 is 0 Å². The summed E-state index contributed by atoms with van der Waals surface area (Å²) in [6.45, 7) is 1.90. The smallest absolute Gasteiger partial charge is 0.298 e. The zero-order valence-electron chi connectivity index (χ0n) is 8.23. The van der Waals surface area contributed by atoms with Crippen LogP contribution in [0.1, 0.15) is 11.1 Å². The van der Waals surface area contributed by atoms with Crippen LogP contribution in [0.4, 0.5) is 3.89 Å². The van der Waals surface area contributed by atoms with Gasteiger partial charge in [0.05, 0.1) is 0 Å². The minimum Gasteiger partial charge on any atom is -0.298 e. The van der Waals surface area contributed by atoms with Crippen molar-refractivity contribution in [3.05, 3.63) is 35.4 Å². The van der Waals surface area contributed by atoms with Gasteiger partial charge < -0.3 is 0 Å². The second-order valence-corrected chi connectivity index (χ2v) is 4.75. The number of halogens is 1. The van der Waals surface area contributed by atoms with Crippen LogP contribution in [0.5, 0.6) is 0 Å². The normalized spacial score (nSPS) is 11.3. The number of carbonyl (C=O) groups is 1. The van der Waals surface area contributed by atoms with E-state index in [0.29, 0.717) is 5.56 Å². The summed E-state index contributed by atoms with van der Waals surface area (Å²) in [7, 11) is -4.70. The van der Waals surface area contributed by atoms with E-state index in [1.54, 1.807) is 12.1 Å². The molecule has 15 heavy (non-hydrogen) atoms. The Morgan fingerprint density at radius 1 is 1.27 bits per heavy atom. The van der Waals surface area contributed by atoms with Gasteiger partial charge in [0.15, 0.2) is 5.78 Å². The molecule has 0 unspecified atom stereocenters. The number of hydrogen-bond acceptors (Lipinski definition) is 3. The molecule has 0 heterocycles. The Morgan fingerprint density at radius 2 is 1.80 bits per heavy atom. The zero-order chi connectivity index (χ0) is 11.5. The monoisotopic (exact) mass is 230 g/mol. The highest BCUT2D eigenvalue weighted by atomic mass is 32.3. The molecular weight excluding hydrogens is 219 g/mol. The summed E-state index contributed by atoms with van der Waals surface area (Å²) in [5.74, 6) is -1.68. The predicted octanol–water partition coefficient (Wildman–Crippen LogP) is 1.41. The number of aryl methyl sites for hydroxylation is 1. The van der Waals surface area contributed by atoms with Crippen molar-refractivity contribution in [3.63, 3.8) is 0 Å². The van der Waals surface area contributed by atoms with Crippen molar-refractivity contribution in [2.45, 2.75) is 13.3 Å². The molecule has 0 saturated heterocycles. The quantitative estimate of drug-likeness (QED) is 0.735. The van der Waals surface area contributed by atoms with E-state index < -0.39 is 21.8 Å². The third kappa shape index (κ3) is 4.69. The first-order chi connectivity index (χ1) is 6.87. The summed E-state index contributed by atoms with van der Waals surface area (Å²) < 4.78 is 32.6. The van der Waals surface area contributed by atoms with Crippen LogP contribution in [0, 0.1) is 6.92 Å². The third-order valence-corrected chi connectivity index (χ3v) is 2.52. The molecule has 0 aliphatic carbocycles. The number of Topliss-reactive ketones (excluding diaryl/α,β-unsaturated/α-hetero) is 1. The van der Waals surface area contributed by atoms with Gasteiger partial charge in [0.1, 0.15) is 5.75 Å². The standard InChI is InChI=1S/C10H11FO3S/c1-8-2-4-9(5-3-8)6-10(12)7-15(11,13)14/h2-5H,6-7H2,1H3. The van der Waals surface area contributed by atoms with E-state index in [9.17, 15) is 17.1 Å². The van der Waals surface area contributed by atoms with E-state index in [1.807, 2.05) is 19.1 Å². The van der Waals surface area contributed by atoms with E-state index in [0.717, 1.165) is 5.56 Å². The van der Waals surface area contributed by atoms with E-state index in [1.165, 1.54) is 0 Å². The molecule has 1 aromatic carbocycles. The highest BCUT2D eigenvalue weighted by molar-refractivity contribution is 7.87. The summed E-state index contributed by atoms with van der Waals surface area (Å²) in [5, 5.41) is 0. The molecule has 0 spiro atoms. The Kier molecular flexibility index (Phi) is 3.57. The second-order valence-electron chi connectivity index (χ2n) is 3.38. The van der Waals surface area contributed by atoms with Crippen LogP contribution in [0.3, 0.4) is 0 Å². The second kappa shape index (κ2) is 4.53. The Morgan fingerprint density at radius 3 is 2.27 bits per heavy atom. The van der Waals surface area contributed by atoms with Gasteiger partial charge in [0.25, 0.3) is 0 Å². The Balaban J connectivity index is 2.63. The van der Waals surface area contributed by atoms with Crippen molar-refractivity contribution < 1.29 is 17.1 Å². The molecule has 82 valence electrons. The molecule has 0 atom stereocenters. The maximum atomic E-state index is 12.2. The van der Waals surface area contributed by atoms with E-state index in [4.69, 9.17) is 0 Å². The summed E-state index contributed by atoms with van der Waals surface area (Å²) in [4.78, 5) is 11.1. The van der Waals surface area contributed by atoms with E-state index in [2.05, 4.69) is 0 Å². The van der Waals surface area contributed by atoms with Gasteiger partial charge >= 0.3 is 10.2 Å². The Bertz CT molecular complexity index is 448. The van der Waals surface area contributed by atoms with Gasteiger partial charge in [0.2, 0.25) is 0 Å². The Hall–Kier alpha value is -1.23. The fourth-order valence-electron chi connectivity index (χ4n) is 1.18. The maximum absolute atomic E-state index is 12.2. The predicted molar refractivity (Wildman–Crippen MR) is 54.8 cm³/mol. The van der Waals surface area contributed by atoms with E-state index in [-0.39, 0.29) is 6.42 Å². The average Bonchev–Trinajstić information content (AvgIpc) is 2.05. The summed E-state index contributed by atoms with van der Waals surface area (Å²) in [5.41, 5.74) is 1.73. The average molecular weight is 230 g/mol. The van der Waals surface area contributed by atoms with Crippen molar-refractivity contribution in [1.29, 1.82) is 0 Å². The first-order valence-corrected chi connectivity index (χ1v) is 5.92. The molecule has 0 aliphatic heterocycles. The topological polar surface area (TPSA) is 51.2 Å². The molecule has 0 aliphatic rings. The minimum absolute atomic E-state index is 0.0522. The van der Waals surface area contributed by atoms with Crippen LogP contribution in [-0.4, -0.2) is 20.0 Å². The summed E-state index contributed by atoms with van der Waals surface area (Å²) in [6.07, 6.45) is -0.0522. The Labute approximate surface area is 88.1 Å². The van der Waals surface area contributed by atoms with Crippen molar-refractivity contribution in [2.24, 2.45) is 0 Å². The molecule has 5 heteroatoms. The minimum atomic E-state index is -4.70. The van der Waals surface area contributed by atoms with Crippen LogP contribution in [0.25, 0.3) is 0 Å². The maximum Gasteiger partial charge on any atom is 0.309 e. The first kappa shape index (κ1) is 11.8. The van der Waals surface area contributed by atoms with Crippen LogP contribution in [0.15, 0.2) is 24.3 Å². The number of carbonyl (C=O) groups excluding carboxylic acids is 1. The molecule has 0 radical (unpaired) electrons. The molecule has 0 N–H and O–H groups in total. The largest absolute Gasteiger partial charge is 0.309 e. The fraction of sp³-hybridized carbons (Fsp3) is 0.300. The summed E-state index contributed by atoms with van der Waals surface area (Å²) in [6, 6.07) is 7.06. The molecular formula is C10H11FO3S. The van der Waals surface area contributed by atoms with Gasteiger partial charge in [-0.3, -0.25) is 4.79 Å². The van der Waals surface area contributed by atoms with Crippen molar-refractivity contribution >= 4 is 16.0 Å². The molecule has 0 bridgehead atoms. The lowest BCUT2D eigenvalue weighted by atomic mass is 10.1. The number of ketones is 1. The van der Waals surface area contributed by atoms with Crippen LogP contribution < -0.4 is 0 Å². The lowest BCUT2D eigenvalue weighted by molar-refractivity contribution is -0.116. The summed E-state index contributed by atoms with van der Waals surface area (Å²) >= 11 is 0. The van der Waals surface area contributed by atoms with Crippen molar-refractivity contribution in [1.82, 2.24) is 0 Å². The lowest BCUT2D eigenvalue weighted by Gasteiger charge is -1.99. The molecule has 1 rings (SSSR count). The zero-order valence-corrected chi connectivity index (χ0v) is 9.05. The van der Waals surface area contributed by atoms with Gasteiger partial charge in [0, 0.05) is 6.42 Å². The number of rotatable bonds is 4. The highest BCUT2D eigenvalue weighted by Crippen LogP contribution is 2.05.